The molecule has 0 saturated carbocycles. The van der Waals surface area contributed by atoms with Crippen molar-refractivity contribution in [3.63, 3.8) is 0 Å². The SMILES string of the molecule is COCCOc1cccc(C=C(C#N)c2nc(-c3ccncc3)cs2)c1. The molecule has 5 nitrogen and oxygen atoms in total. The molecule has 1 aromatic carbocycles. The van der Waals surface area contributed by atoms with Crippen LogP contribution in [0.4, 0.5) is 0 Å². The maximum Gasteiger partial charge on any atom is 0.134 e. The monoisotopic (exact) mass is 363 g/mol. The molecule has 3 aromatic rings. The van der Waals surface area contributed by atoms with E-state index in [4.69, 9.17) is 9.47 Å². The fraction of sp³-hybridized carbons (Fsp3) is 0.150. The van der Waals surface area contributed by atoms with Crippen molar-refractivity contribution in [1.82, 2.24) is 9.97 Å². The minimum absolute atomic E-state index is 0.483. The summed E-state index contributed by atoms with van der Waals surface area (Å²) in [5.74, 6) is 0.740. The van der Waals surface area contributed by atoms with Crippen molar-refractivity contribution in [1.29, 1.82) is 5.26 Å². The largest absolute Gasteiger partial charge is 0.491 e. The third kappa shape index (κ3) is 4.54. The molecule has 0 radical (unpaired) electrons. The summed E-state index contributed by atoms with van der Waals surface area (Å²) in [7, 11) is 1.63. The maximum absolute atomic E-state index is 9.55. The average Bonchev–Trinajstić information content (AvgIpc) is 3.17. The molecule has 26 heavy (non-hydrogen) atoms. The van der Waals surface area contributed by atoms with Gasteiger partial charge < -0.3 is 9.47 Å². The minimum Gasteiger partial charge on any atom is -0.491 e. The number of methoxy groups -OCH3 is 1. The molecule has 0 aliphatic carbocycles. The lowest BCUT2D eigenvalue weighted by atomic mass is 10.1. The van der Waals surface area contributed by atoms with Gasteiger partial charge >= 0.3 is 0 Å². The van der Waals surface area contributed by atoms with Crippen LogP contribution in [0.5, 0.6) is 5.75 Å². The number of allylic oxidation sites excluding steroid dienone is 1. The van der Waals surface area contributed by atoms with Gasteiger partial charge in [-0.3, -0.25) is 4.98 Å². The minimum atomic E-state index is 0.483. The molecular weight excluding hydrogens is 346 g/mol. The van der Waals surface area contributed by atoms with Crippen molar-refractivity contribution in [3.05, 3.63) is 64.7 Å². The summed E-state index contributed by atoms with van der Waals surface area (Å²) < 4.78 is 10.6. The first-order valence-electron chi connectivity index (χ1n) is 8.00. The molecule has 3 rings (SSSR count). The first kappa shape index (κ1) is 17.8. The van der Waals surface area contributed by atoms with Gasteiger partial charge in [-0.2, -0.15) is 5.26 Å². The zero-order valence-corrected chi connectivity index (χ0v) is 15.1. The van der Waals surface area contributed by atoms with Crippen molar-refractivity contribution in [3.8, 4) is 23.1 Å². The number of hydrogen-bond acceptors (Lipinski definition) is 6. The van der Waals surface area contributed by atoms with E-state index in [1.807, 2.05) is 47.9 Å². The second-order valence-corrected chi connectivity index (χ2v) is 6.22. The van der Waals surface area contributed by atoms with Crippen LogP contribution in [0.3, 0.4) is 0 Å². The summed E-state index contributed by atoms with van der Waals surface area (Å²) in [6, 6.07) is 13.6. The number of ether oxygens (including phenoxy) is 2. The molecule has 0 saturated heterocycles. The standard InChI is InChI=1S/C20H17N3O2S/c1-24-9-10-25-18-4-2-3-15(12-18)11-17(13-21)20-23-19(14-26-20)16-5-7-22-8-6-16/h2-8,11-12,14H,9-10H2,1H3. The van der Waals surface area contributed by atoms with Crippen molar-refractivity contribution >= 4 is 23.0 Å². The molecule has 0 aliphatic heterocycles. The molecule has 6 heteroatoms. The van der Waals surface area contributed by atoms with Gasteiger partial charge in [-0.1, -0.05) is 12.1 Å². The molecule has 130 valence electrons. The Bertz CT molecular complexity index is 929. The van der Waals surface area contributed by atoms with Gasteiger partial charge in [0.25, 0.3) is 0 Å². The molecule has 2 heterocycles. The van der Waals surface area contributed by atoms with Crippen LogP contribution in [0.1, 0.15) is 10.6 Å². The first-order valence-corrected chi connectivity index (χ1v) is 8.88. The second kappa shape index (κ2) is 8.90. The van der Waals surface area contributed by atoms with E-state index in [-0.39, 0.29) is 0 Å². The molecule has 0 unspecified atom stereocenters. The van der Waals surface area contributed by atoms with Gasteiger partial charge in [0, 0.05) is 30.4 Å². The number of nitrogens with zero attached hydrogens (tertiary/aromatic N) is 3. The van der Waals surface area contributed by atoms with Crippen LogP contribution in [0, 0.1) is 11.3 Å². The summed E-state index contributed by atoms with van der Waals surface area (Å²) in [5, 5.41) is 12.2. The van der Waals surface area contributed by atoms with Gasteiger partial charge in [0.15, 0.2) is 0 Å². The van der Waals surface area contributed by atoms with Gasteiger partial charge in [0.05, 0.1) is 17.9 Å². The van der Waals surface area contributed by atoms with Crippen LogP contribution in [0.25, 0.3) is 22.9 Å². The molecule has 0 atom stereocenters. The molecule has 0 bridgehead atoms. The highest BCUT2D eigenvalue weighted by Crippen LogP contribution is 2.27. The van der Waals surface area contributed by atoms with E-state index in [9.17, 15) is 5.26 Å². The smallest absolute Gasteiger partial charge is 0.134 e. The first-order chi connectivity index (χ1) is 12.8. The lowest BCUT2D eigenvalue weighted by molar-refractivity contribution is 0.146. The number of nitriles is 1. The van der Waals surface area contributed by atoms with Gasteiger partial charge in [-0.25, -0.2) is 4.98 Å². The fourth-order valence-electron chi connectivity index (χ4n) is 2.30. The van der Waals surface area contributed by atoms with Crippen molar-refractivity contribution in [2.45, 2.75) is 0 Å². The second-order valence-electron chi connectivity index (χ2n) is 5.36. The zero-order chi connectivity index (χ0) is 18.2. The van der Waals surface area contributed by atoms with E-state index in [2.05, 4.69) is 16.0 Å². The number of pyridine rings is 1. The summed E-state index contributed by atoms with van der Waals surface area (Å²) in [6.07, 6.45) is 5.27. The Morgan fingerprint density at radius 1 is 1.23 bits per heavy atom. The number of thiazole rings is 1. The van der Waals surface area contributed by atoms with Gasteiger partial charge in [-0.15, -0.1) is 11.3 Å². The molecule has 0 amide bonds. The van der Waals surface area contributed by atoms with Gasteiger partial charge in [0.1, 0.15) is 23.4 Å². The van der Waals surface area contributed by atoms with E-state index < -0.39 is 0 Å². The highest BCUT2D eigenvalue weighted by Gasteiger charge is 2.09. The molecule has 2 aromatic heterocycles. The van der Waals surface area contributed by atoms with E-state index in [0.717, 1.165) is 22.6 Å². The number of aromatic nitrogens is 2. The highest BCUT2D eigenvalue weighted by atomic mass is 32.1. The van der Waals surface area contributed by atoms with Crippen molar-refractivity contribution in [2.24, 2.45) is 0 Å². The number of hydrogen-bond donors (Lipinski definition) is 0. The Kier molecular flexibility index (Phi) is 6.09. The molecule has 0 aliphatic rings. The Morgan fingerprint density at radius 2 is 2.08 bits per heavy atom. The van der Waals surface area contributed by atoms with Gasteiger partial charge in [-0.05, 0) is 35.9 Å². The number of rotatable bonds is 7. The predicted octanol–water partition coefficient (Wildman–Crippen LogP) is 4.29. The van der Waals surface area contributed by atoms with E-state index in [0.29, 0.717) is 23.8 Å². The van der Waals surface area contributed by atoms with Crippen LogP contribution in [-0.4, -0.2) is 30.3 Å². The third-order valence-electron chi connectivity index (χ3n) is 3.56. The van der Waals surface area contributed by atoms with Crippen LogP contribution >= 0.6 is 11.3 Å². The van der Waals surface area contributed by atoms with Gasteiger partial charge in [0.2, 0.25) is 0 Å². The maximum atomic E-state index is 9.55. The summed E-state index contributed by atoms with van der Waals surface area (Å²) >= 11 is 1.45. The Morgan fingerprint density at radius 3 is 2.85 bits per heavy atom. The predicted molar refractivity (Wildman–Crippen MR) is 103 cm³/mol. The Labute approximate surface area is 156 Å². The average molecular weight is 363 g/mol. The van der Waals surface area contributed by atoms with Crippen LogP contribution in [-0.2, 0) is 4.74 Å². The molecule has 0 N–H and O–H groups in total. The van der Waals surface area contributed by atoms with Crippen LogP contribution < -0.4 is 4.74 Å². The Hall–Kier alpha value is -3.01. The lowest BCUT2D eigenvalue weighted by Gasteiger charge is -2.06. The fourth-order valence-corrected chi connectivity index (χ4v) is 3.09. The third-order valence-corrected chi connectivity index (χ3v) is 4.43. The molecular formula is C20H17N3O2S. The lowest BCUT2D eigenvalue weighted by Crippen LogP contribution is -2.04. The van der Waals surface area contributed by atoms with Crippen molar-refractivity contribution in [2.75, 3.05) is 20.3 Å². The highest BCUT2D eigenvalue weighted by molar-refractivity contribution is 7.11. The summed E-state index contributed by atoms with van der Waals surface area (Å²) in [6.45, 7) is 1.01. The van der Waals surface area contributed by atoms with Crippen LogP contribution in [0.2, 0.25) is 0 Å². The van der Waals surface area contributed by atoms with E-state index in [1.54, 1.807) is 19.5 Å². The molecule has 0 fully saturated rings. The zero-order valence-electron chi connectivity index (χ0n) is 14.3. The van der Waals surface area contributed by atoms with E-state index >= 15 is 0 Å². The number of benzene rings is 1. The topological polar surface area (TPSA) is 68.0 Å². The normalized spacial score (nSPS) is 11.2. The van der Waals surface area contributed by atoms with Crippen LogP contribution in [0.15, 0.2) is 54.2 Å². The summed E-state index contributed by atoms with van der Waals surface area (Å²) in [5.41, 5.74) is 3.22. The quantitative estimate of drug-likeness (QED) is 0.462. The molecule has 0 spiro atoms. The Balaban J connectivity index is 1.82. The van der Waals surface area contributed by atoms with E-state index in [1.165, 1.54) is 11.3 Å². The summed E-state index contributed by atoms with van der Waals surface area (Å²) in [4.78, 5) is 8.59. The van der Waals surface area contributed by atoms with Crippen molar-refractivity contribution < 1.29 is 9.47 Å².